The first kappa shape index (κ1) is 12.4. The topological polar surface area (TPSA) is 74.7 Å². The molecule has 0 aromatic rings. The van der Waals surface area contributed by atoms with Crippen LogP contribution in [0.4, 0.5) is 0 Å². The van der Waals surface area contributed by atoms with E-state index < -0.39 is 0 Å². The molecule has 0 bridgehead atoms. The normalized spacial score (nSPS) is 11.5. The van der Waals surface area contributed by atoms with E-state index in [-0.39, 0.29) is 17.4 Å². The Bertz CT molecular complexity index is 266. The molecule has 0 fully saturated rings. The molecular weight excluding hydrogens is 184 g/mol. The smallest absolute Gasteiger partial charge is 0.440 e. The number of hydrogen-bond acceptors (Lipinski definition) is 4. The van der Waals surface area contributed by atoms with Crippen molar-refractivity contribution >= 4 is 5.78 Å². The van der Waals surface area contributed by atoms with Gasteiger partial charge in [0, 0.05) is 6.42 Å². The van der Waals surface area contributed by atoms with Crippen LogP contribution in [0.15, 0.2) is 11.6 Å². The number of diazo groups is 1. The number of carbonyl (C=O) groups is 1. The number of ketones is 1. The summed E-state index contributed by atoms with van der Waals surface area (Å²) in [5.74, 6) is -0.309. The minimum atomic E-state index is -0.376. The van der Waals surface area contributed by atoms with E-state index in [1.54, 1.807) is 6.92 Å². The highest BCUT2D eigenvalue weighted by Gasteiger charge is 2.19. The van der Waals surface area contributed by atoms with Crippen molar-refractivity contribution in [2.45, 2.75) is 33.1 Å². The molecule has 0 saturated heterocycles. The van der Waals surface area contributed by atoms with Crippen LogP contribution in [0.3, 0.4) is 0 Å². The second-order valence-electron chi connectivity index (χ2n) is 2.84. The molecule has 0 aliphatic carbocycles. The molecule has 14 heavy (non-hydrogen) atoms. The lowest BCUT2D eigenvalue weighted by Gasteiger charge is -1.96. The highest BCUT2D eigenvalue weighted by molar-refractivity contribution is 5.75. The predicted molar refractivity (Wildman–Crippen MR) is 50.9 cm³/mol. The van der Waals surface area contributed by atoms with E-state index in [1.165, 1.54) is 6.92 Å². The molecule has 0 atom stereocenters. The summed E-state index contributed by atoms with van der Waals surface area (Å²) < 4.78 is 4.75. The molecular formula is C9H15N2O3+. The van der Waals surface area contributed by atoms with E-state index in [0.29, 0.717) is 25.9 Å². The first-order valence-corrected chi connectivity index (χ1v) is 4.51. The number of aliphatic hydroxyl groups excluding tert-OH is 1. The van der Waals surface area contributed by atoms with Crippen LogP contribution < -0.4 is 0 Å². The maximum atomic E-state index is 10.6. The lowest BCUT2D eigenvalue weighted by Crippen LogP contribution is -1.96. The molecule has 1 N–H and O–H groups in total. The molecule has 0 rings (SSSR count). The predicted octanol–water partition coefficient (Wildman–Crippen LogP) is 2.36. The van der Waals surface area contributed by atoms with Crippen LogP contribution in [-0.2, 0) is 9.53 Å². The van der Waals surface area contributed by atoms with Gasteiger partial charge in [-0.05, 0) is 20.3 Å². The van der Waals surface area contributed by atoms with Crippen LogP contribution in [0.5, 0.6) is 0 Å². The Kier molecular flexibility index (Phi) is 6.12. The maximum Gasteiger partial charge on any atom is 0.440 e. The molecule has 0 saturated carbocycles. The van der Waals surface area contributed by atoms with Gasteiger partial charge >= 0.3 is 11.6 Å². The van der Waals surface area contributed by atoms with Crippen molar-refractivity contribution in [1.29, 1.82) is 5.39 Å². The second kappa shape index (κ2) is 6.89. The van der Waals surface area contributed by atoms with Crippen LogP contribution in [0.2, 0.25) is 0 Å². The molecule has 0 unspecified atom stereocenters. The van der Waals surface area contributed by atoms with E-state index in [4.69, 9.17) is 10.1 Å². The number of hydrogen-bond donors (Lipinski definition) is 1. The van der Waals surface area contributed by atoms with Crippen molar-refractivity contribution in [3.63, 3.8) is 0 Å². The highest BCUT2D eigenvalue weighted by atomic mass is 16.6. The minimum Gasteiger partial charge on any atom is -0.475 e. The molecule has 0 heterocycles. The Morgan fingerprint density at radius 2 is 2.14 bits per heavy atom. The third-order valence-corrected chi connectivity index (χ3v) is 1.59. The van der Waals surface area contributed by atoms with Gasteiger partial charge in [0.2, 0.25) is 5.39 Å². The van der Waals surface area contributed by atoms with Gasteiger partial charge in [-0.25, -0.2) is 0 Å². The zero-order valence-corrected chi connectivity index (χ0v) is 8.49. The van der Waals surface area contributed by atoms with Crippen molar-refractivity contribution in [1.82, 2.24) is 0 Å². The van der Waals surface area contributed by atoms with Gasteiger partial charge in [0.05, 0.1) is 13.0 Å². The molecule has 0 radical (unpaired) electrons. The Morgan fingerprint density at radius 1 is 1.50 bits per heavy atom. The molecule has 0 aliphatic heterocycles. The second-order valence-corrected chi connectivity index (χ2v) is 2.84. The maximum absolute atomic E-state index is 10.6. The summed E-state index contributed by atoms with van der Waals surface area (Å²) in [6.45, 7) is 3.50. The average Bonchev–Trinajstić information content (AvgIpc) is 2.12. The summed E-state index contributed by atoms with van der Waals surface area (Å²) in [5, 5.41) is 17.7. The zero-order chi connectivity index (χ0) is 11.0. The van der Waals surface area contributed by atoms with Crippen LogP contribution in [0.25, 0.3) is 4.98 Å². The number of allylic oxidation sites excluding steroid dienone is 1. The number of aliphatic hydroxyl groups is 1. The standard InChI is InChI=1S/C9H14N2O3/c1-3-14-9(13)8(11-10)6-4-5-7(2)12/h3-6H2,1-2H3/p+1/b9-8-. The first-order valence-electron chi connectivity index (χ1n) is 4.51. The van der Waals surface area contributed by atoms with Crippen LogP contribution >= 0.6 is 0 Å². The fourth-order valence-corrected chi connectivity index (χ4v) is 0.925. The molecule has 0 aromatic heterocycles. The molecule has 78 valence electrons. The lowest BCUT2D eigenvalue weighted by molar-refractivity contribution is -0.117. The number of carbonyl (C=O) groups excluding carboxylic acids is 1. The summed E-state index contributed by atoms with van der Waals surface area (Å²) in [7, 11) is 0. The monoisotopic (exact) mass is 199 g/mol. The fraction of sp³-hybridized carbons (Fsp3) is 0.667. The van der Waals surface area contributed by atoms with Gasteiger partial charge in [-0.15, -0.1) is 0 Å². The Hall–Kier alpha value is -1.57. The van der Waals surface area contributed by atoms with Crippen LogP contribution in [-0.4, -0.2) is 17.5 Å². The number of rotatable bonds is 6. The quantitative estimate of drug-likeness (QED) is 0.526. The zero-order valence-electron chi connectivity index (χ0n) is 8.49. The first-order chi connectivity index (χ1) is 6.61. The van der Waals surface area contributed by atoms with Crippen molar-refractivity contribution < 1.29 is 14.6 Å². The summed E-state index contributed by atoms with van der Waals surface area (Å²) in [6.07, 6.45) is 1.26. The summed E-state index contributed by atoms with van der Waals surface area (Å²) in [5.41, 5.74) is 0.0769. The highest BCUT2D eigenvalue weighted by Crippen LogP contribution is 2.13. The van der Waals surface area contributed by atoms with Crippen LogP contribution in [0, 0.1) is 5.39 Å². The molecule has 0 spiro atoms. The molecule has 0 aliphatic rings. The van der Waals surface area contributed by atoms with Crippen molar-refractivity contribution in [2.24, 2.45) is 0 Å². The van der Waals surface area contributed by atoms with E-state index >= 15 is 0 Å². The number of ether oxygens (including phenoxy) is 1. The van der Waals surface area contributed by atoms with Gasteiger partial charge in [0.15, 0.2) is 4.98 Å². The van der Waals surface area contributed by atoms with Gasteiger partial charge in [-0.1, -0.05) is 0 Å². The van der Waals surface area contributed by atoms with Gasteiger partial charge in [0.1, 0.15) is 5.78 Å². The van der Waals surface area contributed by atoms with Gasteiger partial charge in [-0.2, -0.15) is 0 Å². The van der Waals surface area contributed by atoms with Gasteiger partial charge in [-0.3, -0.25) is 0 Å². The van der Waals surface area contributed by atoms with Crippen molar-refractivity contribution in [3.8, 4) is 0 Å². The Labute approximate surface area is 83.0 Å². The largest absolute Gasteiger partial charge is 0.475 e. The molecule has 0 amide bonds. The van der Waals surface area contributed by atoms with E-state index in [1.807, 2.05) is 0 Å². The van der Waals surface area contributed by atoms with E-state index in [2.05, 4.69) is 4.98 Å². The SMILES string of the molecule is CCO/C(O)=C(/CCCC(C)=O)[N+]#N. The van der Waals surface area contributed by atoms with Crippen molar-refractivity contribution in [2.75, 3.05) is 6.61 Å². The van der Waals surface area contributed by atoms with Gasteiger partial charge in [0.25, 0.3) is 0 Å². The summed E-state index contributed by atoms with van der Waals surface area (Å²) in [6, 6.07) is 0. The number of nitrogens with zero attached hydrogens (tertiary/aromatic N) is 2. The Morgan fingerprint density at radius 3 is 2.57 bits per heavy atom. The van der Waals surface area contributed by atoms with Crippen LogP contribution in [0.1, 0.15) is 33.1 Å². The lowest BCUT2D eigenvalue weighted by atomic mass is 10.1. The number of Topliss-reactive ketones (excluding diaryl/α,β-unsaturated/α-hetero) is 1. The van der Waals surface area contributed by atoms with E-state index in [9.17, 15) is 9.90 Å². The fourth-order valence-electron chi connectivity index (χ4n) is 0.925. The molecule has 5 heteroatoms. The van der Waals surface area contributed by atoms with E-state index in [0.717, 1.165) is 0 Å². The third kappa shape index (κ3) is 5.14. The molecule has 0 aromatic carbocycles. The summed E-state index contributed by atoms with van der Waals surface area (Å²) in [4.78, 5) is 13.5. The minimum absolute atomic E-state index is 0.0678. The summed E-state index contributed by atoms with van der Waals surface area (Å²) >= 11 is 0. The van der Waals surface area contributed by atoms with Crippen molar-refractivity contribution in [3.05, 3.63) is 16.6 Å². The third-order valence-electron chi connectivity index (χ3n) is 1.59. The van der Waals surface area contributed by atoms with Gasteiger partial charge < -0.3 is 14.6 Å². The Balaban J connectivity index is 4.10. The molecule has 5 nitrogen and oxygen atoms in total. The average molecular weight is 199 g/mol.